The average Bonchev–Trinajstić information content (AvgIpc) is 3.43. The van der Waals surface area contributed by atoms with Crippen molar-refractivity contribution in [1.29, 1.82) is 0 Å². The second-order valence-corrected chi connectivity index (χ2v) is 12.0. The molecule has 4 aliphatic rings. The van der Waals surface area contributed by atoms with Crippen molar-refractivity contribution in [2.75, 3.05) is 7.05 Å². The number of benzene rings is 1. The number of fused-ring (bicyclic) bond motifs is 2. The van der Waals surface area contributed by atoms with E-state index in [9.17, 15) is 5.11 Å². The molecule has 2 N–H and O–H groups in total. The van der Waals surface area contributed by atoms with Crippen molar-refractivity contribution in [2.24, 2.45) is 11.3 Å². The molecule has 6 rings (SSSR count). The molecular formula is C26H32ClN2O2-. The van der Waals surface area contributed by atoms with Gasteiger partial charge in [0.05, 0.1) is 17.8 Å². The molecule has 5 heteroatoms. The molecule has 2 heterocycles. The van der Waals surface area contributed by atoms with E-state index in [0.29, 0.717) is 6.42 Å². The summed E-state index contributed by atoms with van der Waals surface area (Å²) in [5.41, 5.74) is 1.09. The highest BCUT2D eigenvalue weighted by Gasteiger charge is 2.77. The first-order chi connectivity index (χ1) is 14.4. The first-order valence-corrected chi connectivity index (χ1v) is 11.8. The minimum absolute atomic E-state index is 0.0522. The highest BCUT2D eigenvalue weighted by Crippen LogP contribution is 2.74. The number of nitrogens with zero attached hydrogens (tertiary/aromatic N) is 1. The molecule has 0 bridgehead atoms. The van der Waals surface area contributed by atoms with Gasteiger partial charge in [0.15, 0.2) is 0 Å². The van der Waals surface area contributed by atoms with Crippen LogP contribution in [0.4, 0.5) is 0 Å². The van der Waals surface area contributed by atoms with Crippen LogP contribution >= 0.6 is 11.6 Å². The topological polar surface area (TPSA) is 62.6 Å². The van der Waals surface area contributed by atoms with Crippen molar-refractivity contribution in [1.82, 2.24) is 4.98 Å². The molecule has 7 unspecified atom stereocenters. The second kappa shape index (κ2) is 5.41. The molecule has 0 spiro atoms. The summed E-state index contributed by atoms with van der Waals surface area (Å²) >= 11 is 7.20. The molecule has 2 fully saturated rings. The van der Waals surface area contributed by atoms with Crippen molar-refractivity contribution >= 4 is 22.5 Å². The summed E-state index contributed by atoms with van der Waals surface area (Å²) < 4.78 is 6.46. The van der Waals surface area contributed by atoms with E-state index in [1.165, 1.54) is 5.56 Å². The van der Waals surface area contributed by atoms with Gasteiger partial charge in [-0.25, -0.2) is 0 Å². The SMILES string of the molecule is C=CC1(C)C(Cl)CC2C(C)(C)c3cccc4[nH]c5c(c34)C2(O)C1([N-]C)C1OC1C5(C)C. The maximum atomic E-state index is 13.2. The van der Waals surface area contributed by atoms with Crippen LogP contribution in [0.3, 0.4) is 0 Å². The van der Waals surface area contributed by atoms with Crippen molar-refractivity contribution in [3.05, 3.63) is 53.0 Å². The lowest BCUT2D eigenvalue weighted by Gasteiger charge is -2.73. The van der Waals surface area contributed by atoms with E-state index in [-0.39, 0.29) is 34.3 Å². The zero-order valence-corrected chi connectivity index (χ0v) is 20.0. The van der Waals surface area contributed by atoms with Gasteiger partial charge in [0, 0.05) is 38.9 Å². The van der Waals surface area contributed by atoms with Crippen LogP contribution in [0.25, 0.3) is 16.2 Å². The van der Waals surface area contributed by atoms with Crippen LogP contribution in [-0.2, 0) is 21.2 Å². The Morgan fingerprint density at radius 1 is 1.19 bits per heavy atom. The molecule has 166 valence electrons. The van der Waals surface area contributed by atoms with E-state index in [1.807, 2.05) is 13.1 Å². The second-order valence-electron chi connectivity index (χ2n) is 11.5. The van der Waals surface area contributed by atoms with Crippen LogP contribution in [0, 0.1) is 11.3 Å². The highest BCUT2D eigenvalue weighted by atomic mass is 35.5. The van der Waals surface area contributed by atoms with Crippen LogP contribution < -0.4 is 0 Å². The molecule has 31 heavy (non-hydrogen) atoms. The molecule has 1 aromatic carbocycles. The number of nitrogens with one attached hydrogen (secondary N) is 1. The first kappa shape index (κ1) is 20.3. The number of likely N-dealkylation sites (N-methyl/N-ethyl adjacent to an activating group) is 1. The van der Waals surface area contributed by atoms with Gasteiger partial charge < -0.3 is 20.1 Å². The van der Waals surface area contributed by atoms with E-state index in [4.69, 9.17) is 21.7 Å². The van der Waals surface area contributed by atoms with Gasteiger partial charge in [-0.1, -0.05) is 52.8 Å². The Balaban J connectivity index is 1.86. The quantitative estimate of drug-likeness (QED) is 0.380. The number of H-pyrrole nitrogens is 1. The number of hydrogen-bond donors (Lipinski definition) is 2. The Morgan fingerprint density at radius 2 is 1.90 bits per heavy atom. The van der Waals surface area contributed by atoms with Gasteiger partial charge in [-0.05, 0) is 34.4 Å². The van der Waals surface area contributed by atoms with E-state index in [1.54, 1.807) is 0 Å². The third-order valence-electron chi connectivity index (χ3n) is 9.81. The van der Waals surface area contributed by atoms with E-state index >= 15 is 0 Å². The summed E-state index contributed by atoms with van der Waals surface area (Å²) in [5, 5.41) is 19.2. The molecule has 3 aliphatic carbocycles. The normalized spacial score (nSPS) is 45.7. The molecule has 4 nitrogen and oxygen atoms in total. The minimum atomic E-state index is -1.23. The molecule has 0 amide bonds. The Labute approximate surface area is 189 Å². The molecule has 2 aromatic rings. The first-order valence-electron chi connectivity index (χ1n) is 11.4. The number of ether oxygens (including phenoxy) is 1. The molecule has 1 saturated heterocycles. The van der Waals surface area contributed by atoms with Crippen LogP contribution in [0.5, 0.6) is 0 Å². The van der Waals surface area contributed by atoms with E-state index in [0.717, 1.165) is 22.2 Å². The fraction of sp³-hybridized carbons (Fsp3) is 0.615. The number of halogens is 1. The van der Waals surface area contributed by atoms with Gasteiger partial charge >= 0.3 is 0 Å². The number of rotatable bonds is 2. The van der Waals surface area contributed by atoms with E-state index in [2.05, 4.69) is 64.4 Å². The molecule has 1 aliphatic heterocycles. The van der Waals surface area contributed by atoms with Crippen LogP contribution in [-0.4, -0.2) is 40.3 Å². The standard InChI is InChI=1S/C26H32ClN2O2/c1-8-24(6)16(27)12-15-22(2,3)13-10-9-11-14-17(13)18-19(29-14)23(4,5)20-21(31-20)26(24,28-7)25(15,18)30/h8-11,15-16,20-21,29-30H,1,12H2,2-7H3/q-1. The summed E-state index contributed by atoms with van der Waals surface area (Å²) in [4.78, 5) is 3.72. The fourth-order valence-corrected chi connectivity index (χ4v) is 8.46. The molecule has 1 aromatic heterocycles. The van der Waals surface area contributed by atoms with Crippen molar-refractivity contribution < 1.29 is 9.84 Å². The molecule has 1 saturated carbocycles. The smallest absolute Gasteiger partial charge is 0.0936 e. The maximum absolute atomic E-state index is 13.2. The lowest BCUT2D eigenvalue weighted by Crippen LogP contribution is -2.74. The zero-order valence-electron chi connectivity index (χ0n) is 19.2. The lowest BCUT2D eigenvalue weighted by molar-refractivity contribution is -0.168. The van der Waals surface area contributed by atoms with Crippen molar-refractivity contribution in [2.45, 2.75) is 80.6 Å². The predicted octanol–water partition coefficient (Wildman–Crippen LogP) is 5.27. The van der Waals surface area contributed by atoms with Crippen molar-refractivity contribution in [3.63, 3.8) is 0 Å². The summed E-state index contributed by atoms with van der Waals surface area (Å²) in [6, 6.07) is 6.47. The maximum Gasteiger partial charge on any atom is 0.0936 e. The monoisotopic (exact) mass is 439 g/mol. The number of aromatic amines is 1. The summed E-state index contributed by atoms with van der Waals surface area (Å²) in [6.07, 6.45) is 2.34. The summed E-state index contributed by atoms with van der Waals surface area (Å²) in [5.74, 6) is -0.106. The van der Waals surface area contributed by atoms with Gasteiger partial charge in [-0.3, -0.25) is 0 Å². The number of aliphatic hydroxyl groups is 1. The molecule has 7 atom stereocenters. The number of alkyl halides is 1. The summed E-state index contributed by atoms with van der Waals surface area (Å²) in [7, 11) is 1.83. The number of aromatic nitrogens is 1. The van der Waals surface area contributed by atoms with Crippen LogP contribution in [0.1, 0.15) is 57.9 Å². The van der Waals surface area contributed by atoms with Gasteiger partial charge in [0.1, 0.15) is 0 Å². The van der Waals surface area contributed by atoms with Crippen LogP contribution in [0.2, 0.25) is 0 Å². The summed E-state index contributed by atoms with van der Waals surface area (Å²) in [6.45, 7) is 15.3. The van der Waals surface area contributed by atoms with Gasteiger partial charge in [0.2, 0.25) is 0 Å². The largest absolute Gasteiger partial charge is 0.654 e. The van der Waals surface area contributed by atoms with Crippen LogP contribution in [0.15, 0.2) is 30.9 Å². The number of epoxide rings is 1. The Kier molecular flexibility index (Phi) is 3.54. The fourth-order valence-electron chi connectivity index (χ4n) is 8.02. The highest BCUT2D eigenvalue weighted by molar-refractivity contribution is 6.21. The predicted molar refractivity (Wildman–Crippen MR) is 125 cm³/mol. The van der Waals surface area contributed by atoms with Gasteiger partial charge in [-0.15, -0.1) is 18.2 Å². The lowest BCUT2D eigenvalue weighted by atomic mass is 9.42. The number of hydrogen-bond acceptors (Lipinski definition) is 2. The minimum Gasteiger partial charge on any atom is -0.654 e. The zero-order chi connectivity index (χ0) is 22.4. The Bertz CT molecular complexity index is 1150. The Morgan fingerprint density at radius 3 is 2.55 bits per heavy atom. The third kappa shape index (κ3) is 1.79. The third-order valence-corrected chi connectivity index (χ3v) is 10.4. The Hall–Kier alpha value is -1.33. The van der Waals surface area contributed by atoms with Gasteiger partial charge in [-0.2, -0.15) is 7.05 Å². The molecule has 0 radical (unpaired) electrons. The average molecular weight is 440 g/mol. The van der Waals surface area contributed by atoms with Crippen molar-refractivity contribution in [3.8, 4) is 0 Å². The van der Waals surface area contributed by atoms with E-state index < -0.39 is 16.6 Å². The molecular weight excluding hydrogens is 408 g/mol. The van der Waals surface area contributed by atoms with Gasteiger partial charge in [0.25, 0.3) is 0 Å².